The van der Waals surface area contributed by atoms with Crippen LogP contribution < -0.4 is 11.3 Å². The molecule has 112 valence electrons. The van der Waals surface area contributed by atoms with Crippen LogP contribution in [-0.2, 0) is 11.8 Å². The lowest BCUT2D eigenvalue weighted by Crippen LogP contribution is -2.46. The Bertz CT molecular complexity index is 439. The SMILES string of the molecule is Cn1cc(C(NN)C2CCOC3(CCSCC3)C2)cn1. The molecule has 0 bridgehead atoms. The number of nitrogens with two attached hydrogens (primary N) is 1. The molecule has 0 aliphatic carbocycles. The van der Waals surface area contributed by atoms with Crippen LogP contribution in [0.1, 0.15) is 37.3 Å². The van der Waals surface area contributed by atoms with Crippen LogP contribution in [0.5, 0.6) is 0 Å². The highest BCUT2D eigenvalue weighted by atomic mass is 32.2. The van der Waals surface area contributed by atoms with Gasteiger partial charge in [0, 0.05) is 25.4 Å². The lowest BCUT2D eigenvalue weighted by molar-refractivity contribution is -0.107. The van der Waals surface area contributed by atoms with Gasteiger partial charge in [0.2, 0.25) is 0 Å². The van der Waals surface area contributed by atoms with Crippen LogP contribution >= 0.6 is 11.8 Å². The monoisotopic (exact) mass is 296 g/mol. The molecule has 5 nitrogen and oxygen atoms in total. The van der Waals surface area contributed by atoms with Gasteiger partial charge >= 0.3 is 0 Å². The number of aryl methyl sites for hydroxylation is 1. The lowest BCUT2D eigenvalue weighted by Gasteiger charge is -2.45. The smallest absolute Gasteiger partial charge is 0.0701 e. The number of nitrogens with zero attached hydrogens (tertiary/aromatic N) is 2. The van der Waals surface area contributed by atoms with Crippen molar-refractivity contribution in [3.63, 3.8) is 0 Å². The Morgan fingerprint density at radius 3 is 3.00 bits per heavy atom. The van der Waals surface area contributed by atoms with Crippen molar-refractivity contribution in [1.82, 2.24) is 15.2 Å². The second-order valence-electron chi connectivity index (χ2n) is 5.99. The average molecular weight is 296 g/mol. The first kappa shape index (κ1) is 14.4. The highest BCUT2D eigenvalue weighted by molar-refractivity contribution is 7.99. The third kappa shape index (κ3) is 2.88. The van der Waals surface area contributed by atoms with Crippen molar-refractivity contribution in [3.05, 3.63) is 18.0 Å². The van der Waals surface area contributed by atoms with E-state index >= 15 is 0 Å². The maximum atomic E-state index is 6.17. The van der Waals surface area contributed by atoms with E-state index in [1.165, 1.54) is 29.9 Å². The number of thioether (sulfide) groups is 1. The van der Waals surface area contributed by atoms with Gasteiger partial charge in [-0.15, -0.1) is 0 Å². The van der Waals surface area contributed by atoms with Gasteiger partial charge in [0.15, 0.2) is 0 Å². The summed E-state index contributed by atoms with van der Waals surface area (Å²) < 4.78 is 8.01. The Kier molecular flexibility index (Phi) is 4.35. The summed E-state index contributed by atoms with van der Waals surface area (Å²) in [5, 5.41) is 4.27. The lowest BCUT2D eigenvalue weighted by atomic mass is 9.77. The normalized spacial score (nSPS) is 27.6. The Morgan fingerprint density at radius 2 is 2.35 bits per heavy atom. The fourth-order valence-electron chi connectivity index (χ4n) is 3.55. The number of aromatic nitrogens is 2. The van der Waals surface area contributed by atoms with E-state index in [2.05, 4.69) is 16.7 Å². The molecule has 1 spiro atoms. The first-order chi connectivity index (χ1) is 9.72. The molecule has 2 atom stereocenters. The van der Waals surface area contributed by atoms with E-state index in [1.807, 2.05) is 29.7 Å². The molecule has 2 aliphatic rings. The predicted octanol–water partition coefficient (Wildman–Crippen LogP) is 1.62. The first-order valence-corrected chi connectivity index (χ1v) is 8.54. The van der Waals surface area contributed by atoms with Gasteiger partial charge in [-0.2, -0.15) is 16.9 Å². The molecule has 0 amide bonds. The Labute approximate surface area is 124 Å². The fourth-order valence-corrected chi connectivity index (χ4v) is 4.78. The van der Waals surface area contributed by atoms with Gasteiger partial charge in [-0.1, -0.05) is 0 Å². The highest BCUT2D eigenvalue weighted by Gasteiger charge is 2.41. The zero-order valence-corrected chi connectivity index (χ0v) is 12.9. The van der Waals surface area contributed by atoms with E-state index in [9.17, 15) is 0 Å². The topological polar surface area (TPSA) is 65.1 Å². The number of hydrogen-bond donors (Lipinski definition) is 2. The van der Waals surface area contributed by atoms with E-state index in [4.69, 9.17) is 10.6 Å². The molecule has 1 aromatic heterocycles. The summed E-state index contributed by atoms with van der Waals surface area (Å²) in [6, 6.07) is 0.180. The summed E-state index contributed by atoms with van der Waals surface area (Å²) in [5.74, 6) is 8.80. The predicted molar refractivity (Wildman–Crippen MR) is 81.2 cm³/mol. The summed E-state index contributed by atoms with van der Waals surface area (Å²) in [4.78, 5) is 0. The maximum Gasteiger partial charge on any atom is 0.0701 e. The first-order valence-electron chi connectivity index (χ1n) is 7.39. The fraction of sp³-hybridized carbons (Fsp3) is 0.786. The van der Waals surface area contributed by atoms with Crippen molar-refractivity contribution in [2.45, 2.75) is 37.3 Å². The minimum Gasteiger partial charge on any atom is -0.375 e. The molecule has 3 heterocycles. The van der Waals surface area contributed by atoms with Gasteiger partial charge in [0.1, 0.15) is 0 Å². The van der Waals surface area contributed by atoms with Crippen LogP contribution in [0.3, 0.4) is 0 Å². The largest absolute Gasteiger partial charge is 0.375 e. The van der Waals surface area contributed by atoms with Crippen molar-refractivity contribution in [2.24, 2.45) is 18.8 Å². The molecule has 20 heavy (non-hydrogen) atoms. The van der Waals surface area contributed by atoms with Gasteiger partial charge in [0.05, 0.1) is 17.8 Å². The molecular weight excluding hydrogens is 272 g/mol. The average Bonchev–Trinajstić information content (AvgIpc) is 2.87. The van der Waals surface area contributed by atoms with Crippen LogP contribution in [-0.4, -0.2) is 33.5 Å². The third-order valence-electron chi connectivity index (χ3n) is 4.67. The van der Waals surface area contributed by atoms with Crippen LogP contribution in [0.15, 0.2) is 12.4 Å². The molecular formula is C14H24N4OS. The Balaban J connectivity index is 1.74. The van der Waals surface area contributed by atoms with Gasteiger partial charge in [-0.25, -0.2) is 0 Å². The van der Waals surface area contributed by atoms with Crippen molar-refractivity contribution >= 4 is 11.8 Å². The molecule has 2 aliphatic heterocycles. The van der Waals surface area contributed by atoms with E-state index < -0.39 is 0 Å². The number of hydrogen-bond acceptors (Lipinski definition) is 5. The number of nitrogens with one attached hydrogen (secondary N) is 1. The van der Waals surface area contributed by atoms with Gasteiger partial charge < -0.3 is 4.74 Å². The van der Waals surface area contributed by atoms with Crippen molar-refractivity contribution < 1.29 is 4.74 Å². The van der Waals surface area contributed by atoms with Crippen LogP contribution in [0.2, 0.25) is 0 Å². The number of ether oxygens (including phenoxy) is 1. The Hall–Kier alpha value is -0.560. The third-order valence-corrected chi connectivity index (χ3v) is 5.66. The molecule has 0 saturated carbocycles. The van der Waals surface area contributed by atoms with Gasteiger partial charge in [0.25, 0.3) is 0 Å². The second-order valence-corrected chi connectivity index (χ2v) is 7.21. The molecule has 0 radical (unpaired) electrons. The summed E-state index contributed by atoms with van der Waals surface area (Å²) in [7, 11) is 1.95. The van der Waals surface area contributed by atoms with Crippen LogP contribution in [0.4, 0.5) is 0 Å². The maximum absolute atomic E-state index is 6.17. The van der Waals surface area contributed by atoms with Gasteiger partial charge in [-0.05, 0) is 43.1 Å². The van der Waals surface area contributed by atoms with E-state index in [0.29, 0.717) is 5.92 Å². The second kappa shape index (κ2) is 6.05. The molecule has 1 aromatic rings. The van der Waals surface area contributed by atoms with Crippen molar-refractivity contribution in [1.29, 1.82) is 0 Å². The van der Waals surface area contributed by atoms with E-state index in [1.54, 1.807) is 0 Å². The standard InChI is InChI=1S/C14H24N4OS/c1-18-10-12(9-16-18)13(17-15)11-2-5-19-14(8-11)3-6-20-7-4-14/h9-11,13,17H,2-8,15H2,1H3. The summed E-state index contributed by atoms with van der Waals surface area (Å²) in [6.07, 6.45) is 8.51. The molecule has 6 heteroatoms. The zero-order chi connectivity index (χ0) is 14.0. The summed E-state index contributed by atoms with van der Waals surface area (Å²) >= 11 is 2.04. The van der Waals surface area contributed by atoms with Crippen LogP contribution in [0, 0.1) is 5.92 Å². The minimum atomic E-state index is 0.103. The highest BCUT2D eigenvalue weighted by Crippen LogP contribution is 2.43. The number of hydrazine groups is 1. The van der Waals surface area contributed by atoms with Crippen molar-refractivity contribution in [2.75, 3.05) is 18.1 Å². The molecule has 2 fully saturated rings. The van der Waals surface area contributed by atoms with Gasteiger partial charge in [-0.3, -0.25) is 16.0 Å². The molecule has 3 N–H and O–H groups in total. The van der Waals surface area contributed by atoms with Crippen LogP contribution in [0.25, 0.3) is 0 Å². The molecule has 3 rings (SSSR count). The Morgan fingerprint density at radius 1 is 1.55 bits per heavy atom. The molecule has 2 unspecified atom stereocenters. The quantitative estimate of drug-likeness (QED) is 0.655. The molecule has 2 saturated heterocycles. The summed E-state index contributed by atoms with van der Waals surface area (Å²) in [6.45, 7) is 0.855. The van der Waals surface area contributed by atoms with E-state index in [0.717, 1.165) is 19.4 Å². The number of rotatable bonds is 3. The summed E-state index contributed by atoms with van der Waals surface area (Å²) in [5.41, 5.74) is 4.29. The zero-order valence-electron chi connectivity index (χ0n) is 12.0. The van der Waals surface area contributed by atoms with Crippen molar-refractivity contribution in [3.8, 4) is 0 Å². The molecule has 0 aromatic carbocycles. The minimum absolute atomic E-state index is 0.103. The van der Waals surface area contributed by atoms with E-state index in [-0.39, 0.29) is 11.6 Å².